The van der Waals surface area contributed by atoms with Crippen LogP contribution in [0.4, 0.5) is 5.82 Å². The lowest BCUT2D eigenvalue weighted by atomic mass is 9.97. The predicted octanol–water partition coefficient (Wildman–Crippen LogP) is 0.479. The fourth-order valence-electron chi connectivity index (χ4n) is 2.19. The molecule has 0 atom stereocenters. The number of anilines is 1. The molecular formula is C13H18N4O3. The number of hydrogen-bond acceptors (Lipinski definition) is 5. The van der Waals surface area contributed by atoms with Crippen molar-refractivity contribution in [3.63, 3.8) is 0 Å². The number of rotatable bonds is 3. The first-order valence-electron chi connectivity index (χ1n) is 6.52. The minimum absolute atomic E-state index is 0.186. The Kier molecular flexibility index (Phi) is 4.16. The maximum atomic E-state index is 11.7. The molecule has 0 spiro atoms. The second kappa shape index (κ2) is 5.85. The van der Waals surface area contributed by atoms with Gasteiger partial charge in [0.25, 0.3) is 5.91 Å². The van der Waals surface area contributed by atoms with Crippen LogP contribution >= 0.6 is 0 Å². The van der Waals surface area contributed by atoms with E-state index in [0.29, 0.717) is 37.4 Å². The van der Waals surface area contributed by atoms with Crippen molar-refractivity contribution in [1.29, 1.82) is 0 Å². The van der Waals surface area contributed by atoms with Crippen LogP contribution in [0.5, 0.6) is 0 Å². The lowest BCUT2D eigenvalue weighted by Crippen LogP contribution is -2.37. The zero-order chi connectivity index (χ0) is 14.7. The number of hydrogen-bond donors (Lipinski definition) is 1. The predicted molar refractivity (Wildman–Crippen MR) is 72.6 cm³/mol. The molecule has 7 heteroatoms. The molecule has 20 heavy (non-hydrogen) atoms. The van der Waals surface area contributed by atoms with Crippen molar-refractivity contribution in [2.24, 2.45) is 5.92 Å². The van der Waals surface area contributed by atoms with Gasteiger partial charge in [0.05, 0.1) is 5.92 Å². The molecule has 1 aliphatic heterocycles. The minimum atomic E-state index is -0.734. The molecule has 1 fully saturated rings. The zero-order valence-corrected chi connectivity index (χ0v) is 11.6. The van der Waals surface area contributed by atoms with E-state index in [1.165, 1.54) is 4.90 Å². The molecule has 0 bridgehead atoms. The van der Waals surface area contributed by atoms with Crippen LogP contribution in [0.1, 0.15) is 23.3 Å². The maximum absolute atomic E-state index is 11.7. The number of carbonyl (C=O) groups excluding carboxylic acids is 1. The summed E-state index contributed by atoms with van der Waals surface area (Å²) in [6, 6.07) is 3.40. The number of carboxylic acid groups (broad SMARTS) is 1. The molecule has 1 saturated heterocycles. The van der Waals surface area contributed by atoms with E-state index in [2.05, 4.69) is 10.2 Å². The van der Waals surface area contributed by atoms with Gasteiger partial charge in [0.1, 0.15) is 0 Å². The van der Waals surface area contributed by atoms with Crippen LogP contribution in [0.2, 0.25) is 0 Å². The summed E-state index contributed by atoms with van der Waals surface area (Å²) < 4.78 is 0. The summed E-state index contributed by atoms with van der Waals surface area (Å²) in [4.78, 5) is 26.0. The van der Waals surface area contributed by atoms with Gasteiger partial charge in [-0.15, -0.1) is 10.2 Å². The third-order valence-corrected chi connectivity index (χ3v) is 3.44. The van der Waals surface area contributed by atoms with E-state index in [9.17, 15) is 9.59 Å². The summed E-state index contributed by atoms with van der Waals surface area (Å²) >= 11 is 0. The first-order chi connectivity index (χ1) is 9.49. The second-order valence-electron chi connectivity index (χ2n) is 5.08. The standard InChI is InChI=1S/C13H18N4O3/c1-16(2)12(18)10-3-4-11(15-14-10)17-7-5-9(6-8-17)13(19)20/h3-4,9H,5-8H2,1-2H3,(H,19,20). The smallest absolute Gasteiger partial charge is 0.306 e. The van der Waals surface area contributed by atoms with E-state index in [-0.39, 0.29) is 11.8 Å². The van der Waals surface area contributed by atoms with Gasteiger partial charge in [0.2, 0.25) is 0 Å². The summed E-state index contributed by atoms with van der Waals surface area (Å²) in [5.74, 6) is -0.505. The Balaban J connectivity index is 2.01. The summed E-state index contributed by atoms with van der Waals surface area (Å²) in [7, 11) is 3.32. The highest BCUT2D eigenvalue weighted by molar-refractivity contribution is 5.91. The minimum Gasteiger partial charge on any atom is -0.481 e. The largest absolute Gasteiger partial charge is 0.481 e. The van der Waals surface area contributed by atoms with Crippen molar-refractivity contribution < 1.29 is 14.7 Å². The Morgan fingerprint density at radius 1 is 1.25 bits per heavy atom. The lowest BCUT2D eigenvalue weighted by molar-refractivity contribution is -0.142. The van der Waals surface area contributed by atoms with Gasteiger partial charge in [-0.25, -0.2) is 0 Å². The summed E-state index contributed by atoms with van der Waals surface area (Å²) in [6.45, 7) is 1.29. The van der Waals surface area contributed by atoms with Crippen LogP contribution in [0.15, 0.2) is 12.1 Å². The number of aliphatic carboxylic acids is 1. The van der Waals surface area contributed by atoms with Gasteiger partial charge in [-0.1, -0.05) is 0 Å². The van der Waals surface area contributed by atoms with Gasteiger partial charge >= 0.3 is 5.97 Å². The molecule has 0 aliphatic carbocycles. The Morgan fingerprint density at radius 2 is 1.90 bits per heavy atom. The van der Waals surface area contributed by atoms with Gasteiger partial charge < -0.3 is 14.9 Å². The molecule has 7 nitrogen and oxygen atoms in total. The molecule has 2 rings (SSSR count). The average molecular weight is 278 g/mol. The Hall–Kier alpha value is -2.18. The molecule has 1 amide bonds. The van der Waals surface area contributed by atoms with E-state index in [1.54, 1.807) is 26.2 Å². The summed E-state index contributed by atoms with van der Waals surface area (Å²) in [5.41, 5.74) is 0.305. The van der Waals surface area contributed by atoms with E-state index in [4.69, 9.17) is 5.11 Å². The van der Waals surface area contributed by atoms with Gasteiger partial charge in [-0.05, 0) is 25.0 Å². The van der Waals surface area contributed by atoms with E-state index >= 15 is 0 Å². The lowest BCUT2D eigenvalue weighted by Gasteiger charge is -2.30. The number of amides is 1. The van der Waals surface area contributed by atoms with E-state index < -0.39 is 5.97 Å². The van der Waals surface area contributed by atoms with Crippen LogP contribution in [-0.2, 0) is 4.79 Å². The van der Waals surface area contributed by atoms with Gasteiger partial charge in [0.15, 0.2) is 11.5 Å². The van der Waals surface area contributed by atoms with Crippen molar-refractivity contribution in [2.45, 2.75) is 12.8 Å². The molecular weight excluding hydrogens is 260 g/mol. The maximum Gasteiger partial charge on any atom is 0.306 e. The highest BCUT2D eigenvalue weighted by atomic mass is 16.4. The molecule has 1 N–H and O–H groups in total. The molecule has 1 aromatic heterocycles. The third-order valence-electron chi connectivity index (χ3n) is 3.44. The Labute approximate surface area is 117 Å². The summed E-state index contributed by atoms with van der Waals surface area (Å²) in [5, 5.41) is 16.9. The van der Waals surface area contributed by atoms with Gasteiger partial charge in [-0.2, -0.15) is 0 Å². The van der Waals surface area contributed by atoms with Gasteiger partial charge in [-0.3, -0.25) is 9.59 Å². The molecule has 0 unspecified atom stereocenters. The molecule has 108 valence electrons. The molecule has 0 radical (unpaired) electrons. The SMILES string of the molecule is CN(C)C(=O)c1ccc(N2CCC(C(=O)O)CC2)nn1. The summed E-state index contributed by atoms with van der Waals surface area (Å²) in [6.07, 6.45) is 1.21. The molecule has 1 aromatic rings. The van der Waals surface area contributed by atoms with Crippen molar-refractivity contribution >= 4 is 17.7 Å². The van der Waals surface area contributed by atoms with Crippen molar-refractivity contribution in [1.82, 2.24) is 15.1 Å². The van der Waals surface area contributed by atoms with Gasteiger partial charge in [0, 0.05) is 27.2 Å². The normalized spacial score (nSPS) is 16.0. The van der Waals surface area contributed by atoms with Crippen LogP contribution in [-0.4, -0.2) is 59.3 Å². The topological polar surface area (TPSA) is 86.6 Å². The zero-order valence-electron chi connectivity index (χ0n) is 11.6. The number of carbonyl (C=O) groups is 2. The third kappa shape index (κ3) is 3.04. The number of aromatic nitrogens is 2. The van der Waals surface area contributed by atoms with Crippen LogP contribution in [0.3, 0.4) is 0 Å². The first kappa shape index (κ1) is 14.2. The number of piperidine rings is 1. The Morgan fingerprint density at radius 3 is 2.35 bits per heavy atom. The molecule has 2 heterocycles. The van der Waals surface area contributed by atoms with Crippen LogP contribution in [0, 0.1) is 5.92 Å². The molecule has 0 saturated carbocycles. The quantitative estimate of drug-likeness (QED) is 0.865. The van der Waals surface area contributed by atoms with Crippen molar-refractivity contribution in [3.05, 3.63) is 17.8 Å². The highest BCUT2D eigenvalue weighted by Crippen LogP contribution is 2.21. The molecule has 0 aromatic carbocycles. The van der Waals surface area contributed by atoms with Crippen LogP contribution < -0.4 is 4.90 Å². The van der Waals surface area contributed by atoms with Crippen LogP contribution in [0.25, 0.3) is 0 Å². The number of carboxylic acids is 1. The van der Waals surface area contributed by atoms with Crippen molar-refractivity contribution in [2.75, 3.05) is 32.1 Å². The Bertz CT molecular complexity index is 493. The van der Waals surface area contributed by atoms with E-state index in [1.807, 2.05) is 4.90 Å². The molecule has 1 aliphatic rings. The van der Waals surface area contributed by atoms with E-state index in [0.717, 1.165) is 0 Å². The monoisotopic (exact) mass is 278 g/mol. The fourth-order valence-corrected chi connectivity index (χ4v) is 2.19. The van der Waals surface area contributed by atoms with Crippen molar-refractivity contribution in [3.8, 4) is 0 Å². The fraction of sp³-hybridized carbons (Fsp3) is 0.538. The first-order valence-corrected chi connectivity index (χ1v) is 6.52. The average Bonchev–Trinajstić information content (AvgIpc) is 2.46. The highest BCUT2D eigenvalue weighted by Gasteiger charge is 2.25. The number of nitrogens with zero attached hydrogens (tertiary/aromatic N) is 4. The second-order valence-corrected chi connectivity index (χ2v) is 5.08.